The van der Waals surface area contributed by atoms with Crippen LogP contribution in [0.5, 0.6) is 0 Å². The summed E-state index contributed by atoms with van der Waals surface area (Å²) in [7, 11) is -1.20. The molecule has 0 bridgehead atoms. The van der Waals surface area contributed by atoms with Crippen LogP contribution in [0.2, 0.25) is 0 Å². The molecule has 1 rings (SSSR count). The molecule has 0 aromatic heterocycles. The van der Waals surface area contributed by atoms with Gasteiger partial charge in [-0.25, -0.2) is 8.42 Å². The second-order valence-corrected chi connectivity index (χ2v) is 6.35. The number of amidine groups is 1. The van der Waals surface area contributed by atoms with Gasteiger partial charge < -0.3 is 15.8 Å². The van der Waals surface area contributed by atoms with Crippen molar-refractivity contribution in [2.75, 3.05) is 30.5 Å². The number of benzene rings is 1. The SMILES string of the molecule is CN(CCS(C)(=O)=O)c1cccc(/C(N)=N/O)c1. The zero-order valence-corrected chi connectivity index (χ0v) is 11.2. The maximum atomic E-state index is 11.1. The molecule has 18 heavy (non-hydrogen) atoms. The van der Waals surface area contributed by atoms with E-state index in [1.165, 1.54) is 6.26 Å². The third kappa shape index (κ3) is 4.25. The molecule has 100 valence electrons. The molecule has 1 aromatic rings. The summed E-state index contributed by atoms with van der Waals surface area (Å²) in [6.07, 6.45) is 1.20. The molecule has 0 unspecified atom stereocenters. The molecule has 3 N–H and O–H groups in total. The zero-order chi connectivity index (χ0) is 13.8. The molecule has 0 amide bonds. The number of oxime groups is 1. The normalized spacial score (nSPS) is 12.4. The van der Waals surface area contributed by atoms with Crippen LogP contribution in [0, 0.1) is 0 Å². The second-order valence-electron chi connectivity index (χ2n) is 4.09. The summed E-state index contributed by atoms with van der Waals surface area (Å²) in [4.78, 5) is 1.80. The summed E-state index contributed by atoms with van der Waals surface area (Å²) in [5.41, 5.74) is 6.88. The van der Waals surface area contributed by atoms with Gasteiger partial charge in [0.05, 0.1) is 5.75 Å². The van der Waals surface area contributed by atoms with Crippen molar-refractivity contribution in [2.45, 2.75) is 0 Å². The highest BCUT2D eigenvalue weighted by Gasteiger charge is 2.08. The first-order valence-electron chi connectivity index (χ1n) is 5.30. The molecule has 0 spiro atoms. The van der Waals surface area contributed by atoms with Gasteiger partial charge in [-0.05, 0) is 12.1 Å². The van der Waals surface area contributed by atoms with E-state index < -0.39 is 9.84 Å². The lowest BCUT2D eigenvalue weighted by Gasteiger charge is -2.19. The monoisotopic (exact) mass is 271 g/mol. The van der Waals surface area contributed by atoms with Crippen LogP contribution in [0.15, 0.2) is 29.4 Å². The summed E-state index contributed by atoms with van der Waals surface area (Å²) in [6, 6.07) is 7.04. The Morgan fingerprint density at radius 3 is 2.72 bits per heavy atom. The van der Waals surface area contributed by atoms with E-state index in [-0.39, 0.29) is 11.6 Å². The number of hydrogen-bond acceptors (Lipinski definition) is 5. The van der Waals surface area contributed by atoms with E-state index in [1.807, 2.05) is 6.07 Å². The Labute approximate surface area is 107 Å². The van der Waals surface area contributed by atoms with Crippen molar-refractivity contribution < 1.29 is 13.6 Å². The molecule has 0 aliphatic heterocycles. The fourth-order valence-corrected chi connectivity index (χ4v) is 2.00. The highest BCUT2D eigenvalue weighted by molar-refractivity contribution is 7.90. The average Bonchev–Trinajstić information content (AvgIpc) is 2.34. The Morgan fingerprint density at radius 2 is 2.17 bits per heavy atom. The Balaban J connectivity index is 2.83. The van der Waals surface area contributed by atoms with Gasteiger partial charge in [0.1, 0.15) is 9.84 Å². The molecule has 0 fully saturated rings. The summed E-state index contributed by atoms with van der Waals surface area (Å²) >= 11 is 0. The minimum Gasteiger partial charge on any atom is -0.409 e. The van der Waals surface area contributed by atoms with Crippen molar-refractivity contribution in [1.82, 2.24) is 0 Å². The largest absolute Gasteiger partial charge is 0.409 e. The quantitative estimate of drug-likeness (QED) is 0.347. The van der Waals surface area contributed by atoms with E-state index in [1.54, 1.807) is 30.1 Å². The van der Waals surface area contributed by atoms with E-state index in [0.717, 1.165) is 5.69 Å². The first-order chi connectivity index (χ1) is 8.33. The topological polar surface area (TPSA) is 96.0 Å². The average molecular weight is 271 g/mol. The van der Waals surface area contributed by atoms with Gasteiger partial charge in [0.25, 0.3) is 0 Å². The Morgan fingerprint density at radius 1 is 1.50 bits per heavy atom. The highest BCUT2D eigenvalue weighted by Crippen LogP contribution is 2.14. The molecular formula is C11H17N3O3S. The van der Waals surface area contributed by atoms with E-state index in [0.29, 0.717) is 12.1 Å². The van der Waals surface area contributed by atoms with Crippen LogP contribution in [0.4, 0.5) is 5.69 Å². The van der Waals surface area contributed by atoms with Gasteiger partial charge in [0, 0.05) is 31.1 Å². The van der Waals surface area contributed by atoms with Crippen LogP contribution in [-0.4, -0.2) is 45.1 Å². The summed E-state index contributed by atoms with van der Waals surface area (Å²) in [5, 5.41) is 11.5. The number of anilines is 1. The Kier molecular flexibility index (Phi) is 4.55. The van der Waals surface area contributed by atoms with E-state index in [9.17, 15) is 8.42 Å². The smallest absolute Gasteiger partial charge is 0.170 e. The third-order valence-corrected chi connectivity index (χ3v) is 3.41. The molecule has 0 atom stereocenters. The number of nitrogens with zero attached hydrogens (tertiary/aromatic N) is 2. The molecule has 0 saturated carbocycles. The van der Waals surface area contributed by atoms with Gasteiger partial charge in [0.15, 0.2) is 5.84 Å². The second kappa shape index (κ2) is 5.72. The van der Waals surface area contributed by atoms with E-state index >= 15 is 0 Å². The molecule has 0 radical (unpaired) electrons. The lowest BCUT2D eigenvalue weighted by atomic mass is 10.2. The van der Waals surface area contributed by atoms with Crippen molar-refractivity contribution >= 4 is 21.4 Å². The number of sulfone groups is 1. The van der Waals surface area contributed by atoms with Crippen molar-refractivity contribution in [3.63, 3.8) is 0 Å². The van der Waals surface area contributed by atoms with Crippen LogP contribution in [-0.2, 0) is 9.84 Å². The molecule has 0 heterocycles. The van der Waals surface area contributed by atoms with E-state index in [4.69, 9.17) is 10.9 Å². The van der Waals surface area contributed by atoms with Crippen molar-refractivity contribution in [3.8, 4) is 0 Å². The summed E-state index contributed by atoms with van der Waals surface area (Å²) in [6.45, 7) is 0.387. The van der Waals surface area contributed by atoms with Gasteiger partial charge in [0.2, 0.25) is 0 Å². The van der Waals surface area contributed by atoms with Gasteiger partial charge >= 0.3 is 0 Å². The number of nitrogens with two attached hydrogens (primary N) is 1. The predicted octanol–water partition coefficient (Wildman–Crippen LogP) is 0.262. The van der Waals surface area contributed by atoms with Crippen LogP contribution in [0.3, 0.4) is 0 Å². The van der Waals surface area contributed by atoms with E-state index in [2.05, 4.69) is 5.16 Å². The van der Waals surface area contributed by atoms with Crippen LogP contribution >= 0.6 is 0 Å². The zero-order valence-electron chi connectivity index (χ0n) is 10.4. The molecule has 0 aliphatic rings. The molecule has 6 nitrogen and oxygen atoms in total. The van der Waals surface area contributed by atoms with Crippen LogP contribution < -0.4 is 10.6 Å². The first kappa shape index (κ1) is 14.3. The van der Waals surface area contributed by atoms with Crippen molar-refractivity contribution in [1.29, 1.82) is 0 Å². The van der Waals surface area contributed by atoms with Gasteiger partial charge in [-0.1, -0.05) is 17.3 Å². The maximum Gasteiger partial charge on any atom is 0.170 e. The van der Waals surface area contributed by atoms with Crippen LogP contribution in [0.1, 0.15) is 5.56 Å². The molecular weight excluding hydrogens is 254 g/mol. The summed E-state index contributed by atoms with van der Waals surface area (Å²) in [5.74, 6) is 0.102. The Bertz CT molecular complexity index is 540. The molecule has 7 heteroatoms. The van der Waals surface area contributed by atoms with Gasteiger partial charge in [-0.15, -0.1) is 0 Å². The van der Waals surface area contributed by atoms with Crippen molar-refractivity contribution in [2.24, 2.45) is 10.9 Å². The number of rotatable bonds is 5. The lowest BCUT2D eigenvalue weighted by Crippen LogP contribution is -2.25. The molecule has 1 aromatic carbocycles. The maximum absolute atomic E-state index is 11.1. The van der Waals surface area contributed by atoms with Crippen LogP contribution in [0.25, 0.3) is 0 Å². The highest BCUT2D eigenvalue weighted by atomic mass is 32.2. The lowest BCUT2D eigenvalue weighted by molar-refractivity contribution is 0.318. The third-order valence-electron chi connectivity index (χ3n) is 2.49. The molecule has 0 saturated heterocycles. The fraction of sp³-hybridized carbons (Fsp3) is 0.364. The first-order valence-corrected chi connectivity index (χ1v) is 7.36. The predicted molar refractivity (Wildman–Crippen MR) is 71.9 cm³/mol. The fourth-order valence-electron chi connectivity index (χ4n) is 1.39. The Hall–Kier alpha value is -1.76. The minimum absolute atomic E-state index is 0.0216. The van der Waals surface area contributed by atoms with Gasteiger partial charge in [-0.2, -0.15) is 0 Å². The van der Waals surface area contributed by atoms with Gasteiger partial charge in [-0.3, -0.25) is 0 Å². The molecule has 0 aliphatic carbocycles. The number of hydrogen-bond donors (Lipinski definition) is 2. The van der Waals surface area contributed by atoms with Crippen molar-refractivity contribution in [3.05, 3.63) is 29.8 Å². The minimum atomic E-state index is -2.99. The standard InChI is InChI=1S/C11H17N3O3S/c1-14(6-7-18(2,16)17)10-5-3-4-9(8-10)11(12)13-15/h3-5,8,15H,6-7H2,1-2H3,(H2,12,13). The summed E-state index contributed by atoms with van der Waals surface area (Å²) < 4.78 is 22.2.